The van der Waals surface area contributed by atoms with Gasteiger partial charge in [0.2, 0.25) is 10.0 Å². The predicted molar refractivity (Wildman–Crippen MR) is 113 cm³/mol. The third-order valence-corrected chi connectivity index (χ3v) is 7.49. The third kappa shape index (κ3) is 4.81. The van der Waals surface area contributed by atoms with Gasteiger partial charge in [-0.25, -0.2) is 36.3 Å². The van der Waals surface area contributed by atoms with Crippen molar-refractivity contribution in [2.45, 2.75) is 22.3 Å². The number of nitrogen functional groups attached to an aromatic ring is 1. The van der Waals surface area contributed by atoms with Crippen LogP contribution in [0, 0.1) is 5.82 Å². The molecule has 0 bridgehead atoms. The number of aliphatic hydroxyl groups is 1. The highest BCUT2D eigenvalue weighted by Gasteiger charge is 2.32. The first-order chi connectivity index (χ1) is 15.0. The molecule has 32 heavy (non-hydrogen) atoms. The van der Waals surface area contributed by atoms with Gasteiger partial charge >= 0.3 is 0 Å². The molecule has 0 saturated heterocycles. The van der Waals surface area contributed by atoms with Gasteiger partial charge in [0.05, 0.1) is 22.3 Å². The van der Waals surface area contributed by atoms with Gasteiger partial charge in [0, 0.05) is 18.3 Å². The summed E-state index contributed by atoms with van der Waals surface area (Å²) in [5.41, 5.74) is 10.6. The highest BCUT2D eigenvalue weighted by atomic mass is 32.2. The molecule has 0 saturated carbocycles. The van der Waals surface area contributed by atoms with Crippen LogP contribution in [0.1, 0.15) is 12.0 Å². The fourth-order valence-corrected chi connectivity index (χ4v) is 6.05. The molecule has 7 N–H and O–H groups in total. The van der Waals surface area contributed by atoms with E-state index in [1.165, 1.54) is 12.3 Å². The highest BCUT2D eigenvalue weighted by Crippen LogP contribution is 2.35. The fraction of sp³-hybridized carbons (Fsp3) is 0.294. The second kappa shape index (κ2) is 8.95. The molecular weight excluding hydrogens is 465 g/mol. The molecular formula is C17H20FN7O5S2. The maximum Gasteiger partial charge on any atom is 0.240 e. The Morgan fingerprint density at radius 2 is 1.94 bits per heavy atom. The topological polar surface area (TPSA) is 217 Å². The summed E-state index contributed by atoms with van der Waals surface area (Å²) in [6.07, 6.45) is -0.144. The second-order valence-electron chi connectivity index (χ2n) is 6.81. The van der Waals surface area contributed by atoms with Crippen molar-refractivity contribution in [3.05, 3.63) is 35.8 Å². The van der Waals surface area contributed by atoms with Gasteiger partial charge < -0.3 is 16.6 Å². The number of azo groups is 1. The molecule has 0 amide bonds. The Labute approximate surface area is 183 Å². The van der Waals surface area contributed by atoms with Gasteiger partial charge in [0.25, 0.3) is 0 Å². The predicted octanol–water partition coefficient (Wildman–Crippen LogP) is -0.229. The summed E-state index contributed by atoms with van der Waals surface area (Å²) in [7, 11) is -8.92. The summed E-state index contributed by atoms with van der Waals surface area (Å²) in [6.45, 7) is -0.290. The Morgan fingerprint density at radius 1 is 1.22 bits per heavy atom. The lowest BCUT2D eigenvalue weighted by atomic mass is 10.00. The van der Waals surface area contributed by atoms with Crippen LogP contribution in [0.15, 0.2) is 49.4 Å². The van der Waals surface area contributed by atoms with E-state index >= 15 is 0 Å². The van der Waals surface area contributed by atoms with Crippen LogP contribution in [0.3, 0.4) is 0 Å². The van der Waals surface area contributed by atoms with E-state index in [4.69, 9.17) is 16.6 Å². The number of nitrogens with zero attached hydrogens (tertiary/aromatic N) is 4. The molecule has 1 aliphatic heterocycles. The number of aromatic nitrogens is 1. The number of anilines is 1. The number of aliphatic imine (C=N–C) groups is 1. The number of sulfonamides is 1. The fourth-order valence-electron chi connectivity index (χ4n) is 3.03. The third-order valence-electron chi connectivity index (χ3n) is 4.59. The molecule has 1 aromatic carbocycles. The van der Waals surface area contributed by atoms with Crippen molar-refractivity contribution in [1.29, 1.82) is 0 Å². The summed E-state index contributed by atoms with van der Waals surface area (Å²) in [6, 6.07) is 3.30. The first kappa shape index (κ1) is 23.8. The SMILES string of the molecule is NC[C@@H](O)CCS(=O)(=O)c1ccc(-c2cnc(N)c(F)c2)c(C2=NCN=N2)c1S(N)(=O)=O. The van der Waals surface area contributed by atoms with E-state index in [0.29, 0.717) is 0 Å². The Balaban J connectivity index is 2.33. The van der Waals surface area contributed by atoms with Crippen LogP contribution in [-0.4, -0.2) is 57.8 Å². The number of amidine groups is 1. The maximum atomic E-state index is 14.1. The van der Waals surface area contributed by atoms with Gasteiger partial charge in [-0.3, -0.25) is 0 Å². The monoisotopic (exact) mass is 485 g/mol. The molecule has 0 aliphatic carbocycles. The van der Waals surface area contributed by atoms with E-state index in [0.717, 1.165) is 12.1 Å². The number of primary sulfonamides is 1. The van der Waals surface area contributed by atoms with Crippen LogP contribution in [0.4, 0.5) is 10.2 Å². The largest absolute Gasteiger partial charge is 0.392 e. The van der Waals surface area contributed by atoms with E-state index in [1.807, 2.05) is 0 Å². The van der Waals surface area contributed by atoms with E-state index < -0.39 is 47.3 Å². The summed E-state index contributed by atoms with van der Waals surface area (Å²) in [5.74, 6) is -2.04. The van der Waals surface area contributed by atoms with Gasteiger partial charge in [-0.15, -0.1) is 5.11 Å². The van der Waals surface area contributed by atoms with Crippen molar-refractivity contribution in [2.75, 3.05) is 24.7 Å². The summed E-state index contributed by atoms with van der Waals surface area (Å²) >= 11 is 0. The van der Waals surface area contributed by atoms with Crippen molar-refractivity contribution >= 4 is 31.5 Å². The maximum absolute atomic E-state index is 14.1. The van der Waals surface area contributed by atoms with Crippen LogP contribution >= 0.6 is 0 Å². The van der Waals surface area contributed by atoms with Gasteiger partial charge in [0.1, 0.15) is 4.90 Å². The number of sulfone groups is 1. The zero-order chi connectivity index (χ0) is 23.7. The molecule has 0 radical (unpaired) electrons. The average Bonchev–Trinajstić information content (AvgIpc) is 3.27. The molecule has 2 aromatic rings. The van der Waals surface area contributed by atoms with Crippen molar-refractivity contribution in [2.24, 2.45) is 26.1 Å². The lowest BCUT2D eigenvalue weighted by Gasteiger charge is -2.17. The lowest BCUT2D eigenvalue weighted by molar-refractivity contribution is 0.179. The van der Waals surface area contributed by atoms with Crippen LogP contribution in [0.2, 0.25) is 0 Å². The Bertz CT molecular complexity index is 1330. The van der Waals surface area contributed by atoms with Gasteiger partial charge in [-0.2, -0.15) is 5.11 Å². The Kier molecular flexibility index (Phi) is 6.66. The van der Waals surface area contributed by atoms with Crippen LogP contribution in [0.25, 0.3) is 11.1 Å². The average molecular weight is 486 g/mol. The summed E-state index contributed by atoms with van der Waals surface area (Å²) < 4.78 is 65.2. The van der Waals surface area contributed by atoms with Crippen LogP contribution in [-0.2, 0) is 19.9 Å². The van der Waals surface area contributed by atoms with Crippen LogP contribution < -0.4 is 16.6 Å². The number of nitrogens with two attached hydrogens (primary N) is 3. The quantitative estimate of drug-likeness (QED) is 0.390. The number of rotatable bonds is 8. The normalized spacial score (nSPS) is 15.1. The molecule has 3 rings (SSSR count). The van der Waals surface area contributed by atoms with Crippen molar-refractivity contribution in [3.63, 3.8) is 0 Å². The number of hydrogen-bond donors (Lipinski definition) is 4. The number of aliphatic hydroxyl groups excluding tert-OH is 1. The molecule has 12 nitrogen and oxygen atoms in total. The summed E-state index contributed by atoms with van der Waals surface area (Å²) in [4.78, 5) is 6.32. The first-order valence-electron chi connectivity index (χ1n) is 9.10. The summed E-state index contributed by atoms with van der Waals surface area (Å²) in [5, 5.41) is 22.5. The molecule has 2 heterocycles. The molecule has 15 heteroatoms. The van der Waals surface area contributed by atoms with Gasteiger partial charge in [-0.05, 0) is 24.1 Å². The Morgan fingerprint density at radius 3 is 2.50 bits per heavy atom. The Hall–Kier alpha value is -2.85. The number of benzene rings is 1. The van der Waals surface area contributed by atoms with E-state index in [9.17, 15) is 26.3 Å². The minimum Gasteiger partial charge on any atom is -0.392 e. The molecule has 1 aliphatic rings. The number of halogens is 1. The van der Waals surface area contributed by atoms with Crippen molar-refractivity contribution in [1.82, 2.24) is 4.98 Å². The minimum atomic E-state index is -4.67. The van der Waals surface area contributed by atoms with E-state index in [2.05, 4.69) is 20.2 Å². The highest BCUT2D eigenvalue weighted by molar-refractivity contribution is 7.93. The zero-order valence-electron chi connectivity index (χ0n) is 16.5. The van der Waals surface area contributed by atoms with Crippen molar-refractivity contribution in [3.8, 4) is 11.1 Å². The molecule has 0 fully saturated rings. The van der Waals surface area contributed by atoms with E-state index in [1.54, 1.807) is 0 Å². The van der Waals surface area contributed by atoms with Crippen LogP contribution in [0.5, 0.6) is 0 Å². The standard InChI is InChI=1S/C17H20FN7O5S2/c18-12-5-9(7-22-16(12)20)11-1-2-13(31(27,28)4-3-10(26)6-19)15(32(21,29)30)14(11)17-23-8-24-25-17/h1-2,5,7,10,26H,3-4,6,8,19H2,(H2,20,22)(H2,21,29,30)/t10-/m0/s1. The molecule has 1 atom stereocenters. The number of hydrogen-bond acceptors (Lipinski definition) is 11. The van der Waals surface area contributed by atoms with Gasteiger partial charge in [0.15, 0.2) is 34.0 Å². The smallest absolute Gasteiger partial charge is 0.240 e. The van der Waals surface area contributed by atoms with Crippen molar-refractivity contribution < 1.29 is 26.3 Å². The second-order valence-corrected chi connectivity index (χ2v) is 10.4. The zero-order valence-corrected chi connectivity index (χ0v) is 18.1. The molecule has 0 spiro atoms. The molecule has 1 aromatic heterocycles. The molecule has 172 valence electrons. The number of pyridine rings is 1. The van der Waals surface area contributed by atoms with Gasteiger partial charge in [-0.1, -0.05) is 6.07 Å². The molecule has 0 unspecified atom stereocenters. The minimum absolute atomic E-state index is 0.0565. The first-order valence-corrected chi connectivity index (χ1v) is 12.3. The van der Waals surface area contributed by atoms with E-state index in [-0.39, 0.29) is 48.0 Å². The lowest BCUT2D eigenvalue weighted by Crippen LogP contribution is -2.25.